The Bertz CT molecular complexity index is 203. The SMILES string of the molecule is CCC1(C)N=NC(C)=C1C. The predicted molar refractivity (Wildman–Crippen MR) is 41.9 cm³/mol. The fraction of sp³-hybridized carbons (Fsp3) is 0.750. The van der Waals surface area contributed by atoms with E-state index in [1.807, 2.05) is 6.92 Å². The molecule has 0 saturated carbocycles. The topological polar surface area (TPSA) is 24.7 Å². The summed E-state index contributed by atoms with van der Waals surface area (Å²) in [6.45, 7) is 8.39. The van der Waals surface area contributed by atoms with Crippen LogP contribution in [0.2, 0.25) is 0 Å². The second kappa shape index (κ2) is 2.19. The van der Waals surface area contributed by atoms with Crippen LogP contribution in [0.25, 0.3) is 0 Å². The second-order valence-corrected chi connectivity index (χ2v) is 3.04. The van der Waals surface area contributed by atoms with Gasteiger partial charge in [-0.05, 0) is 32.8 Å². The van der Waals surface area contributed by atoms with Crippen molar-refractivity contribution in [2.75, 3.05) is 0 Å². The molecular weight excluding hydrogens is 124 g/mol. The Morgan fingerprint density at radius 2 is 2.00 bits per heavy atom. The van der Waals surface area contributed by atoms with E-state index < -0.39 is 0 Å². The van der Waals surface area contributed by atoms with Gasteiger partial charge >= 0.3 is 0 Å². The molecule has 0 N–H and O–H groups in total. The fourth-order valence-corrected chi connectivity index (χ4v) is 1.06. The summed E-state index contributed by atoms with van der Waals surface area (Å²) < 4.78 is 0. The van der Waals surface area contributed by atoms with Crippen LogP contribution >= 0.6 is 0 Å². The van der Waals surface area contributed by atoms with Crippen LogP contribution in [0.5, 0.6) is 0 Å². The zero-order valence-corrected chi connectivity index (χ0v) is 7.10. The molecule has 0 radical (unpaired) electrons. The lowest BCUT2D eigenvalue weighted by Gasteiger charge is -2.18. The first kappa shape index (κ1) is 7.45. The van der Waals surface area contributed by atoms with Gasteiger partial charge in [-0.15, -0.1) is 0 Å². The predicted octanol–water partition coefficient (Wildman–Crippen LogP) is 2.91. The van der Waals surface area contributed by atoms with Gasteiger partial charge in [-0.1, -0.05) is 6.92 Å². The van der Waals surface area contributed by atoms with Crippen molar-refractivity contribution in [2.45, 2.75) is 39.7 Å². The minimum Gasteiger partial charge on any atom is -0.178 e. The van der Waals surface area contributed by atoms with Crippen molar-refractivity contribution in [3.8, 4) is 0 Å². The molecule has 0 aromatic rings. The Balaban J connectivity index is 2.96. The summed E-state index contributed by atoms with van der Waals surface area (Å²) in [6.07, 6.45) is 1.04. The first-order valence-corrected chi connectivity index (χ1v) is 3.71. The molecule has 2 nitrogen and oxygen atoms in total. The van der Waals surface area contributed by atoms with E-state index in [1.165, 1.54) is 5.57 Å². The Labute approximate surface area is 62.0 Å². The maximum Gasteiger partial charge on any atom is 0.102 e. The molecule has 0 fully saturated rings. The van der Waals surface area contributed by atoms with E-state index in [2.05, 4.69) is 31.0 Å². The van der Waals surface area contributed by atoms with Gasteiger partial charge in [-0.25, -0.2) is 0 Å². The highest BCUT2D eigenvalue weighted by Crippen LogP contribution is 2.33. The molecule has 0 aromatic heterocycles. The monoisotopic (exact) mass is 138 g/mol. The normalized spacial score (nSPS) is 32.0. The molecule has 1 aliphatic heterocycles. The highest BCUT2D eigenvalue weighted by Gasteiger charge is 2.29. The summed E-state index contributed by atoms with van der Waals surface area (Å²) in [7, 11) is 0. The molecule has 0 saturated heterocycles. The second-order valence-electron chi connectivity index (χ2n) is 3.04. The summed E-state index contributed by atoms with van der Waals surface area (Å²) >= 11 is 0. The summed E-state index contributed by atoms with van der Waals surface area (Å²) in [4.78, 5) is 0. The molecule has 0 aromatic carbocycles. The minimum atomic E-state index is 0.00405. The zero-order chi connectivity index (χ0) is 7.78. The molecule has 0 aliphatic carbocycles. The highest BCUT2D eigenvalue weighted by molar-refractivity contribution is 5.25. The van der Waals surface area contributed by atoms with Gasteiger partial charge in [-0.2, -0.15) is 10.2 Å². The lowest BCUT2D eigenvalue weighted by atomic mass is 9.91. The lowest BCUT2D eigenvalue weighted by molar-refractivity contribution is 0.529. The third kappa shape index (κ3) is 0.877. The first-order valence-electron chi connectivity index (χ1n) is 3.71. The third-order valence-corrected chi connectivity index (χ3v) is 2.46. The lowest BCUT2D eigenvalue weighted by Crippen LogP contribution is -2.19. The van der Waals surface area contributed by atoms with Crippen LogP contribution in [0.3, 0.4) is 0 Å². The average Bonchev–Trinajstić information content (AvgIpc) is 2.19. The van der Waals surface area contributed by atoms with Gasteiger partial charge in [0.15, 0.2) is 0 Å². The quantitative estimate of drug-likeness (QED) is 0.532. The molecule has 0 spiro atoms. The van der Waals surface area contributed by atoms with Crippen molar-refractivity contribution in [3.05, 3.63) is 11.3 Å². The Morgan fingerprint density at radius 3 is 2.20 bits per heavy atom. The van der Waals surface area contributed by atoms with Crippen molar-refractivity contribution < 1.29 is 0 Å². The standard InChI is InChI=1S/C8H14N2/c1-5-8(4)6(2)7(3)9-10-8/h5H2,1-4H3. The van der Waals surface area contributed by atoms with Gasteiger partial charge in [0.1, 0.15) is 5.54 Å². The number of hydrogen-bond donors (Lipinski definition) is 0. The maximum absolute atomic E-state index is 4.20. The fourth-order valence-electron chi connectivity index (χ4n) is 1.06. The average molecular weight is 138 g/mol. The van der Waals surface area contributed by atoms with Crippen LogP contribution in [0.1, 0.15) is 34.1 Å². The van der Waals surface area contributed by atoms with Gasteiger partial charge in [0.05, 0.1) is 5.70 Å². The molecular formula is C8H14N2. The molecule has 10 heavy (non-hydrogen) atoms. The van der Waals surface area contributed by atoms with Crippen LogP contribution in [-0.4, -0.2) is 5.54 Å². The van der Waals surface area contributed by atoms with E-state index in [9.17, 15) is 0 Å². The van der Waals surface area contributed by atoms with Crippen LogP contribution in [0, 0.1) is 0 Å². The van der Waals surface area contributed by atoms with Crippen LogP contribution < -0.4 is 0 Å². The van der Waals surface area contributed by atoms with Crippen LogP contribution in [0.15, 0.2) is 21.5 Å². The smallest absolute Gasteiger partial charge is 0.102 e. The summed E-state index contributed by atoms with van der Waals surface area (Å²) in [6, 6.07) is 0. The van der Waals surface area contributed by atoms with Gasteiger partial charge < -0.3 is 0 Å². The molecule has 1 aliphatic rings. The van der Waals surface area contributed by atoms with Crippen molar-refractivity contribution >= 4 is 0 Å². The first-order chi connectivity index (χ1) is 4.60. The highest BCUT2D eigenvalue weighted by atomic mass is 15.2. The van der Waals surface area contributed by atoms with Gasteiger partial charge in [0.25, 0.3) is 0 Å². The maximum atomic E-state index is 4.20. The summed E-state index contributed by atoms with van der Waals surface area (Å²) in [5.41, 5.74) is 2.41. The van der Waals surface area contributed by atoms with Crippen molar-refractivity contribution in [3.63, 3.8) is 0 Å². The minimum absolute atomic E-state index is 0.00405. The molecule has 1 atom stereocenters. The molecule has 1 rings (SSSR count). The molecule has 1 heterocycles. The van der Waals surface area contributed by atoms with Gasteiger partial charge in [-0.3, -0.25) is 0 Å². The van der Waals surface area contributed by atoms with E-state index in [0.29, 0.717) is 0 Å². The van der Waals surface area contributed by atoms with Crippen LogP contribution in [0.4, 0.5) is 0 Å². The third-order valence-electron chi connectivity index (χ3n) is 2.46. The molecule has 0 amide bonds. The van der Waals surface area contributed by atoms with E-state index in [4.69, 9.17) is 0 Å². The number of allylic oxidation sites excluding steroid dienone is 1. The number of hydrogen-bond acceptors (Lipinski definition) is 2. The van der Waals surface area contributed by atoms with Crippen molar-refractivity contribution in [1.29, 1.82) is 0 Å². The van der Waals surface area contributed by atoms with E-state index in [0.717, 1.165) is 12.1 Å². The summed E-state index contributed by atoms with van der Waals surface area (Å²) in [5.74, 6) is 0. The Hall–Kier alpha value is -0.660. The molecule has 56 valence electrons. The van der Waals surface area contributed by atoms with E-state index >= 15 is 0 Å². The molecule has 2 heteroatoms. The van der Waals surface area contributed by atoms with E-state index in [-0.39, 0.29) is 5.54 Å². The Morgan fingerprint density at radius 1 is 1.40 bits per heavy atom. The number of rotatable bonds is 1. The van der Waals surface area contributed by atoms with Crippen molar-refractivity contribution in [1.82, 2.24) is 0 Å². The zero-order valence-electron chi connectivity index (χ0n) is 7.10. The molecule has 1 unspecified atom stereocenters. The largest absolute Gasteiger partial charge is 0.178 e. The van der Waals surface area contributed by atoms with E-state index in [1.54, 1.807) is 0 Å². The van der Waals surface area contributed by atoms with Gasteiger partial charge in [0, 0.05) is 0 Å². The van der Waals surface area contributed by atoms with Gasteiger partial charge in [0.2, 0.25) is 0 Å². The molecule has 0 bridgehead atoms. The summed E-state index contributed by atoms with van der Waals surface area (Å²) in [5, 5.41) is 8.24. The van der Waals surface area contributed by atoms with Crippen LogP contribution in [-0.2, 0) is 0 Å². The Kier molecular flexibility index (Phi) is 1.63. The van der Waals surface area contributed by atoms with Crippen molar-refractivity contribution in [2.24, 2.45) is 10.2 Å². The number of azo groups is 1. The number of nitrogens with zero attached hydrogens (tertiary/aromatic N) is 2.